The van der Waals surface area contributed by atoms with Gasteiger partial charge in [0, 0.05) is 19.6 Å². The molecule has 0 saturated carbocycles. The molecule has 3 nitrogen and oxygen atoms in total. The third-order valence-electron chi connectivity index (χ3n) is 5.54. The molecule has 1 unspecified atom stereocenters. The predicted molar refractivity (Wildman–Crippen MR) is 79.0 cm³/mol. The lowest BCUT2D eigenvalue weighted by atomic mass is 9.76. The van der Waals surface area contributed by atoms with E-state index in [0.717, 1.165) is 45.4 Å². The van der Waals surface area contributed by atoms with Gasteiger partial charge in [0.15, 0.2) is 0 Å². The number of nitrogens with one attached hydrogen (secondary N) is 1. The quantitative estimate of drug-likeness (QED) is 0.848. The topological polar surface area (TPSA) is 32.3 Å². The van der Waals surface area contributed by atoms with Crippen LogP contribution in [0.3, 0.4) is 0 Å². The SMILES string of the molecule is CCCC1(C(=O)N2CCC(C)(CC)CC2)CCNC1. The van der Waals surface area contributed by atoms with E-state index < -0.39 is 0 Å². The van der Waals surface area contributed by atoms with E-state index in [2.05, 4.69) is 31.0 Å². The maximum absolute atomic E-state index is 12.9. The molecule has 0 aromatic carbocycles. The number of carbonyl (C=O) groups is 1. The molecule has 110 valence electrons. The Morgan fingerprint density at radius 3 is 2.37 bits per heavy atom. The lowest BCUT2D eigenvalue weighted by Crippen LogP contribution is -2.49. The second-order valence-electron chi connectivity index (χ2n) is 6.91. The smallest absolute Gasteiger partial charge is 0.230 e. The van der Waals surface area contributed by atoms with E-state index >= 15 is 0 Å². The summed E-state index contributed by atoms with van der Waals surface area (Å²) in [7, 11) is 0. The van der Waals surface area contributed by atoms with Crippen LogP contribution in [-0.4, -0.2) is 37.0 Å². The Labute approximate surface area is 118 Å². The molecule has 0 aromatic rings. The molecular weight excluding hydrogens is 236 g/mol. The van der Waals surface area contributed by atoms with Crippen LogP contribution in [0.4, 0.5) is 0 Å². The second kappa shape index (κ2) is 5.82. The summed E-state index contributed by atoms with van der Waals surface area (Å²) in [6.07, 6.45) is 6.75. The molecule has 3 heteroatoms. The van der Waals surface area contributed by atoms with Gasteiger partial charge in [-0.15, -0.1) is 0 Å². The summed E-state index contributed by atoms with van der Waals surface area (Å²) < 4.78 is 0. The minimum Gasteiger partial charge on any atom is -0.342 e. The van der Waals surface area contributed by atoms with Gasteiger partial charge in [-0.3, -0.25) is 4.79 Å². The van der Waals surface area contributed by atoms with Crippen LogP contribution >= 0.6 is 0 Å². The van der Waals surface area contributed by atoms with E-state index in [1.165, 1.54) is 19.3 Å². The zero-order valence-electron chi connectivity index (χ0n) is 12.9. The van der Waals surface area contributed by atoms with E-state index in [-0.39, 0.29) is 5.41 Å². The molecule has 2 saturated heterocycles. The second-order valence-corrected chi connectivity index (χ2v) is 6.91. The van der Waals surface area contributed by atoms with Gasteiger partial charge in [0.05, 0.1) is 5.41 Å². The summed E-state index contributed by atoms with van der Waals surface area (Å²) in [5.41, 5.74) is 0.372. The standard InChI is InChI=1S/C16H30N2O/c1-4-6-16(7-10-17-13-16)14(19)18-11-8-15(3,5-2)9-12-18/h17H,4-13H2,1-3H3. The average molecular weight is 266 g/mol. The molecule has 19 heavy (non-hydrogen) atoms. The van der Waals surface area contributed by atoms with Crippen LogP contribution < -0.4 is 5.32 Å². The molecule has 2 heterocycles. The first kappa shape index (κ1) is 14.8. The van der Waals surface area contributed by atoms with E-state index in [9.17, 15) is 4.79 Å². The molecule has 2 rings (SSSR count). The van der Waals surface area contributed by atoms with Crippen molar-refractivity contribution in [3.8, 4) is 0 Å². The Hall–Kier alpha value is -0.570. The molecule has 0 radical (unpaired) electrons. The summed E-state index contributed by atoms with van der Waals surface area (Å²) in [6.45, 7) is 10.7. The molecule has 2 aliphatic heterocycles. The van der Waals surface area contributed by atoms with Crippen molar-refractivity contribution in [3.63, 3.8) is 0 Å². The first-order chi connectivity index (χ1) is 9.05. The number of carbonyl (C=O) groups excluding carboxylic acids is 1. The molecule has 0 spiro atoms. The van der Waals surface area contributed by atoms with Crippen molar-refractivity contribution in [1.29, 1.82) is 0 Å². The maximum Gasteiger partial charge on any atom is 0.230 e. The van der Waals surface area contributed by atoms with Gasteiger partial charge in [-0.1, -0.05) is 33.6 Å². The minimum absolute atomic E-state index is 0.0886. The van der Waals surface area contributed by atoms with E-state index in [0.29, 0.717) is 11.3 Å². The number of piperidine rings is 1. The van der Waals surface area contributed by atoms with Gasteiger partial charge in [-0.2, -0.15) is 0 Å². The van der Waals surface area contributed by atoms with Crippen molar-refractivity contribution in [3.05, 3.63) is 0 Å². The first-order valence-corrected chi connectivity index (χ1v) is 8.05. The van der Waals surface area contributed by atoms with Gasteiger partial charge in [-0.25, -0.2) is 0 Å². The fraction of sp³-hybridized carbons (Fsp3) is 0.938. The predicted octanol–water partition coefficient (Wildman–Crippen LogP) is 2.80. The van der Waals surface area contributed by atoms with Crippen molar-refractivity contribution < 1.29 is 4.79 Å². The Bertz CT molecular complexity index is 313. The van der Waals surface area contributed by atoms with Crippen LogP contribution in [0, 0.1) is 10.8 Å². The first-order valence-electron chi connectivity index (χ1n) is 8.05. The molecule has 0 bridgehead atoms. The van der Waals surface area contributed by atoms with E-state index in [4.69, 9.17) is 0 Å². The number of rotatable bonds is 4. The largest absolute Gasteiger partial charge is 0.342 e. The molecule has 2 aliphatic rings. The Morgan fingerprint density at radius 2 is 1.89 bits per heavy atom. The summed E-state index contributed by atoms with van der Waals surface area (Å²) >= 11 is 0. The van der Waals surface area contributed by atoms with Gasteiger partial charge >= 0.3 is 0 Å². The van der Waals surface area contributed by atoms with Crippen LogP contribution in [0.15, 0.2) is 0 Å². The summed E-state index contributed by atoms with van der Waals surface area (Å²) in [5.74, 6) is 0.428. The fourth-order valence-electron chi connectivity index (χ4n) is 3.66. The Kier molecular flexibility index (Phi) is 4.54. The Balaban J connectivity index is 2.00. The van der Waals surface area contributed by atoms with Gasteiger partial charge < -0.3 is 10.2 Å². The van der Waals surface area contributed by atoms with Gasteiger partial charge in [0.2, 0.25) is 5.91 Å². The van der Waals surface area contributed by atoms with Crippen LogP contribution in [0.25, 0.3) is 0 Å². The maximum atomic E-state index is 12.9. The lowest BCUT2D eigenvalue weighted by Gasteiger charge is -2.42. The number of hydrogen-bond acceptors (Lipinski definition) is 2. The van der Waals surface area contributed by atoms with Crippen LogP contribution in [0.1, 0.15) is 59.3 Å². The molecule has 0 aliphatic carbocycles. The van der Waals surface area contributed by atoms with Crippen molar-refractivity contribution >= 4 is 5.91 Å². The van der Waals surface area contributed by atoms with Crippen LogP contribution in [-0.2, 0) is 4.79 Å². The van der Waals surface area contributed by atoms with Crippen molar-refractivity contribution in [2.24, 2.45) is 10.8 Å². The minimum atomic E-state index is -0.0886. The Morgan fingerprint density at radius 1 is 1.21 bits per heavy atom. The molecule has 2 fully saturated rings. The molecule has 0 aromatic heterocycles. The number of likely N-dealkylation sites (tertiary alicyclic amines) is 1. The molecular formula is C16H30N2O. The highest BCUT2D eigenvalue weighted by atomic mass is 16.2. The lowest BCUT2D eigenvalue weighted by molar-refractivity contribution is -0.144. The van der Waals surface area contributed by atoms with Crippen LogP contribution in [0.2, 0.25) is 0 Å². The summed E-state index contributed by atoms with van der Waals surface area (Å²) in [5, 5.41) is 3.40. The summed E-state index contributed by atoms with van der Waals surface area (Å²) in [4.78, 5) is 15.1. The van der Waals surface area contributed by atoms with Crippen molar-refractivity contribution in [1.82, 2.24) is 10.2 Å². The summed E-state index contributed by atoms with van der Waals surface area (Å²) in [6, 6.07) is 0. The van der Waals surface area contributed by atoms with Gasteiger partial charge in [0.1, 0.15) is 0 Å². The highest BCUT2D eigenvalue weighted by Crippen LogP contribution is 2.38. The number of nitrogens with zero attached hydrogens (tertiary/aromatic N) is 1. The zero-order chi connectivity index (χ0) is 13.9. The van der Waals surface area contributed by atoms with Crippen molar-refractivity contribution in [2.75, 3.05) is 26.2 Å². The van der Waals surface area contributed by atoms with Crippen molar-refractivity contribution in [2.45, 2.75) is 59.3 Å². The monoisotopic (exact) mass is 266 g/mol. The highest BCUT2D eigenvalue weighted by Gasteiger charge is 2.44. The van der Waals surface area contributed by atoms with Gasteiger partial charge in [-0.05, 0) is 37.6 Å². The average Bonchev–Trinajstić information content (AvgIpc) is 2.89. The molecule has 1 amide bonds. The fourth-order valence-corrected chi connectivity index (χ4v) is 3.66. The third-order valence-corrected chi connectivity index (χ3v) is 5.54. The van der Waals surface area contributed by atoms with Crippen LogP contribution in [0.5, 0.6) is 0 Å². The third kappa shape index (κ3) is 2.96. The van der Waals surface area contributed by atoms with Gasteiger partial charge in [0.25, 0.3) is 0 Å². The normalized spacial score (nSPS) is 30.6. The zero-order valence-corrected chi connectivity index (χ0v) is 12.9. The van der Waals surface area contributed by atoms with E-state index in [1.807, 2.05) is 0 Å². The van der Waals surface area contributed by atoms with E-state index in [1.54, 1.807) is 0 Å². The number of amides is 1. The number of hydrogen-bond donors (Lipinski definition) is 1. The molecule has 1 N–H and O–H groups in total. The molecule has 1 atom stereocenters. The highest BCUT2D eigenvalue weighted by molar-refractivity contribution is 5.83.